The van der Waals surface area contributed by atoms with Gasteiger partial charge in [0.2, 0.25) is 0 Å². The van der Waals surface area contributed by atoms with Gasteiger partial charge in [0.25, 0.3) is 0 Å². The maximum absolute atomic E-state index is 11.6. The quantitative estimate of drug-likeness (QED) is 0.729. The normalized spacial score (nSPS) is 11.2. The zero-order valence-corrected chi connectivity index (χ0v) is 12.8. The van der Waals surface area contributed by atoms with Crippen molar-refractivity contribution < 1.29 is 23.1 Å². The van der Waals surface area contributed by atoms with Gasteiger partial charge in [0.05, 0.1) is 21.8 Å². The number of carbonyl (C=O) groups is 1. The van der Waals surface area contributed by atoms with E-state index in [4.69, 9.17) is 23.2 Å². The lowest BCUT2D eigenvalue weighted by Crippen LogP contribution is -2.36. The fourth-order valence-electron chi connectivity index (χ4n) is 1.15. The van der Waals surface area contributed by atoms with E-state index in [0.717, 1.165) is 12.1 Å². The average molecular weight is 343 g/mol. The van der Waals surface area contributed by atoms with Crippen LogP contribution < -0.4 is 9.44 Å². The summed E-state index contributed by atoms with van der Waals surface area (Å²) >= 11 is 11.3. The van der Waals surface area contributed by atoms with Gasteiger partial charge in [0.1, 0.15) is 0 Å². The van der Waals surface area contributed by atoms with Gasteiger partial charge in [-0.2, -0.15) is 8.42 Å². The minimum Gasteiger partial charge on any atom is -0.505 e. The number of ether oxygens (including phenoxy) is 1. The van der Waals surface area contributed by atoms with Crippen LogP contribution in [-0.2, 0) is 14.9 Å². The molecule has 1 amide bonds. The van der Waals surface area contributed by atoms with Crippen LogP contribution in [0.3, 0.4) is 0 Å². The molecule has 0 saturated heterocycles. The number of anilines is 1. The Hall–Kier alpha value is -1.38. The minimum atomic E-state index is -4.20. The molecule has 112 valence electrons. The molecule has 1 aromatic carbocycles. The number of benzene rings is 1. The molecule has 0 aliphatic rings. The predicted octanol–water partition coefficient (Wildman–Crippen LogP) is 2.49. The van der Waals surface area contributed by atoms with E-state index in [1.807, 2.05) is 4.72 Å². The second kappa shape index (κ2) is 6.38. The second-order valence-corrected chi connectivity index (χ2v) is 6.18. The number of phenols is 1. The lowest BCUT2D eigenvalue weighted by molar-refractivity contribution is 0.121. The number of carbonyl (C=O) groups excluding carboxylic acids is 1. The van der Waals surface area contributed by atoms with E-state index in [0.29, 0.717) is 0 Å². The van der Waals surface area contributed by atoms with E-state index >= 15 is 0 Å². The molecule has 0 aromatic heterocycles. The van der Waals surface area contributed by atoms with Gasteiger partial charge in [-0.05, 0) is 26.0 Å². The Balaban J connectivity index is 2.84. The number of amides is 1. The van der Waals surface area contributed by atoms with E-state index in [9.17, 15) is 18.3 Å². The minimum absolute atomic E-state index is 0.0253. The van der Waals surface area contributed by atoms with Gasteiger partial charge in [-0.25, -0.2) is 9.52 Å². The number of hydrogen-bond donors (Lipinski definition) is 3. The molecule has 20 heavy (non-hydrogen) atoms. The third kappa shape index (κ3) is 4.95. The highest BCUT2D eigenvalue weighted by atomic mass is 35.5. The van der Waals surface area contributed by atoms with Gasteiger partial charge in [0, 0.05) is 0 Å². The van der Waals surface area contributed by atoms with Crippen molar-refractivity contribution in [2.24, 2.45) is 0 Å². The van der Waals surface area contributed by atoms with Gasteiger partial charge in [-0.3, -0.25) is 4.72 Å². The van der Waals surface area contributed by atoms with E-state index < -0.39 is 22.4 Å². The maximum atomic E-state index is 11.6. The molecule has 0 spiro atoms. The Bertz CT molecular complexity index is 595. The molecular formula is C10H12Cl2N2O5S. The molecule has 0 radical (unpaired) electrons. The van der Waals surface area contributed by atoms with E-state index in [1.54, 1.807) is 18.6 Å². The first-order valence-electron chi connectivity index (χ1n) is 5.30. The van der Waals surface area contributed by atoms with Crippen molar-refractivity contribution in [3.05, 3.63) is 22.2 Å². The Labute approximate surface area is 126 Å². The molecule has 0 aliphatic heterocycles. The van der Waals surface area contributed by atoms with Crippen molar-refractivity contribution in [2.75, 3.05) is 4.72 Å². The van der Waals surface area contributed by atoms with Crippen LogP contribution in [-0.4, -0.2) is 25.7 Å². The molecule has 10 heteroatoms. The highest BCUT2D eigenvalue weighted by Gasteiger charge is 2.17. The summed E-state index contributed by atoms with van der Waals surface area (Å²) in [5, 5.41) is 9.06. The van der Waals surface area contributed by atoms with Gasteiger partial charge in [-0.15, -0.1) is 0 Å². The van der Waals surface area contributed by atoms with Gasteiger partial charge in [0.15, 0.2) is 5.75 Å². The molecule has 0 saturated carbocycles. The zero-order chi connectivity index (χ0) is 15.5. The van der Waals surface area contributed by atoms with Crippen molar-refractivity contribution in [1.82, 2.24) is 4.72 Å². The van der Waals surface area contributed by atoms with Crippen LogP contribution in [0.5, 0.6) is 5.75 Å². The van der Waals surface area contributed by atoms with Gasteiger partial charge < -0.3 is 9.84 Å². The van der Waals surface area contributed by atoms with Crippen LogP contribution in [0.15, 0.2) is 12.1 Å². The Morgan fingerprint density at radius 1 is 1.30 bits per heavy atom. The Morgan fingerprint density at radius 2 is 1.80 bits per heavy atom. The Morgan fingerprint density at radius 3 is 2.25 bits per heavy atom. The van der Waals surface area contributed by atoms with Crippen molar-refractivity contribution in [1.29, 1.82) is 0 Å². The second-order valence-electron chi connectivity index (χ2n) is 3.95. The fraction of sp³-hybridized carbons (Fsp3) is 0.300. The lowest BCUT2D eigenvalue weighted by atomic mass is 10.3. The first-order valence-corrected chi connectivity index (χ1v) is 7.54. The highest BCUT2D eigenvalue weighted by Crippen LogP contribution is 2.34. The van der Waals surface area contributed by atoms with E-state index in [-0.39, 0.29) is 21.5 Å². The van der Waals surface area contributed by atoms with Gasteiger partial charge in [-0.1, -0.05) is 23.2 Å². The summed E-state index contributed by atoms with van der Waals surface area (Å²) in [6, 6.07) is 2.27. The molecule has 7 nitrogen and oxygen atoms in total. The highest BCUT2D eigenvalue weighted by molar-refractivity contribution is 7.91. The number of aromatic hydroxyl groups is 1. The molecular weight excluding hydrogens is 331 g/mol. The molecule has 1 aromatic rings. The molecule has 0 heterocycles. The number of halogens is 2. The fourth-order valence-corrected chi connectivity index (χ4v) is 2.39. The van der Waals surface area contributed by atoms with Crippen molar-refractivity contribution in [2.45, 2.75) is 20.0 Å². The monoisotopic (exact) mass is 342 g/mol. The van der Waals surface area contributed by atoms with E-state index in [2.05, 4.69) is 4.74 Å². The molecule has 0 bridgehead atoms. The molecule has 3 N–H and O–H groups in total. The number of phenolic OH excluding ortho intramolecular Hbond substituents is 1. The Kier molecular flexibility index (Phi) is 5.32. The number of rotatable bonds is 4. The lowest BCUT2D eigenvalue weighted by Gasteiger charge is -2.12. The number of hydrogen-bond acceptors (Lipinski definition) is 5. The third-order valence-electron chi connectivity index (χ3n) is 1.83. The maximum Gasteiger partial charge on any atom is 0.422 e. The first kappa shape index (κ1) is 16.7. The van der Waals surface area contributed by atoms with Crippen molar-refractivity contribution in [3.8, 4) is 5.75 Å². The summed E-state index contributed by atoms with van der Waals surface area (Å²) in [6.07, 6.45) is -1.59. The molecule has 0 fully saturated rings. The van der Waals surface area contributed by atoms with Crippen LogP contribution in [0.1, 0.15) is 13.8 Å². The summed E-state index contributed by atoms with van der Waals surface area (Å²) < 4.78 is 31.5. The molecule has 0 aliphatic carbocycles. The van der Waals surface area contributed by atoms with Crippen molar-refractivity contribution >= 4 is 45.2 Å². The van der Waals surface area contributed by atoms with Crippen LogP contribution in [0.2, 0.25) is 10.0 Å². The number of nitrogens with one attached hydrogen (secondary N) is 2. The summed E-state index contributed by atoms with van der Waals surface area (Å²) in [4.78, 5) is 11.2. The predicted molar refractivity (Wildman–Crippen MR) is 75.4 cm³/mol. The standard InChI is InChI=1S/C10H12Cl2N2O5S/c1-5(2)19-10(16)14-20(17,18)13-6-3-7(11)9(15)8(12)4-6/h3-5,13,15H,1-2H3,(H,14,16). The van der Waals surface area contributed by atoms with Crippen LogP contribution >= 0.6 is 23.2 Å². The molecule has 0 atom stereocenters. The average Bonchev–Trinajstić information content (AvgIpc) is 2.22. The zero-order valence-electron chi connectivity index (χ0n) is 10.5. The molecule has 0 unspecified atom stereocenters. The van der Waals surface area contributed by atoms with Crippen molar-refractivity contribution in [3.63, 3.8) is 0 Å². The summed E-state index contributed by atoms with van der Waals surface area (Å²) in [5.74, 6) is -0.372. The van der Waals surface area contributed by atoms with Crippen LogP contribution in [0, 0.1) is 0 Å². The third-order valence-corrected chi connectivity index (χ3v) is 3.35. The summed E-state index contributed by atoms with van der Waals surface area (Å²) in [5.41, 5.74) is -0.0253. The molecule has 1 rings (SSSR count). The topological polar surface area (TPSA) is 105 Å². The van der Waals surface area contributed by atoms with Crippen LogP contribution in [0.4, 0.5) is 10.5 Å². The van der Waals surface area contributed by atoms with Gasteiger partial charge >= 0.3 is 16.3 Å². The van der Waals surface area contributed by atoms with Crippen LogP contribution in [0.25, 0.3) is 0 Å². The summed E-state index contributed by atoms with van der Waals surface area (Å²) in [6.45, 7) is 3.14. The SMILES string of the molecule is CC(C)OC(=O)NS(=O)(=O)Nc1cc(Cl)c(O)c(Cl)c1. The van der Waals surface area contributed by atoms with E-state index in [1.165, 1.54) is 0 Å². The first-order chi connectivity index (χ1) is 9.10. The smallest absolute Gasteiger partial charge is 0.422 e. The largest absolute Gasteiger partial charge is 0.505 e. The summed E-state index contributed by atoms with van der Waals surface area (Å²) in [7, 11) is -4.20.